The minimum absolute atomic E-state index is 0.0578. The van der Waals surface area contributed by atoms with Gasteiger partial charge in [-0.15, -0.1) is 11.3 Å². The van der Waals surface area contributed by atoms with E-state index in [1.807, 2.05) is 0 Å². The second kappa shape index (κ2) is 8.62. The molecular formula is C20H18F2N4O2S. The number of carbonyl (C=O) groups is 1. The van der Waals surface area contributed by atoms with Crippen LogP contribution in [0.1, 0.15) is 16.9 Å². The second-order valence-corrected chi connectivity index (χ2v) is 7.49. The number of aromatic nitrogens is 2. The van der Waals surface area contributed by atoms with E-state index in [0.29, 0.717) is 24.0 Å². The third-order valence-electron chi connectivity index (χ3n) is 4.58. The molecule has 150 valence electrons. The highest BCUT2D eigenvalue weighted by atomic mass is 32.1. The van der Waals surface area contributed by atoms with E-state index in [4.69, 9.17) is 4.74 Å². The van der Waals surface area contributed by atoms with Gasteiger partial charge in [0.2, 0.25) is 0 Å². The maximum Gasteiger partial charge on any atom is 0.275 e. The van der Waals surface area contributed by atoms with Crippen molar-refractivity contribution in [2.45, 2.75) is 6.42 Å². The molecule has 1 saturated heterocycles. The average Bonchev–Trinajstić information content (AvgIpc) is 3.39. The van der Waals surface area contributed by atoms with Gasteiger partial charge in [0.25, 0.3) is 5.91 Å². The number of amides is 1. The van der Waals surface area contributed by atoms with Crippen LogP contribution in [0.2, 0.25) is 0 Å². The largest absolute Gasteiger partial charge is 0.491 e. The Balaban J connectivity index is 1.48. The molecule has 4 rings (SSSR count). The number of thiazole rings is 1. The quantitative estimate of drug-likeness (QED) is 0.641. The van der Waals surface area contributed by atoms with E-state index in [2.05, 4.69) is 20.6 Å². The molecule has 1 fully saturated rings. The van der Waals surface area contributed by atoms with E-state index in [9.17, 15) is 13.6 Å². The standard InChI is InChI=1S/C20H18F2N4O2S/c21-13-2-1-3-14(22)18(13)20-26-16(11-29-20)19(27)25-15-9-24-7-5-17(15)28-10-12-4-6-23-8-12/h1-3,5,7,9,11-12,23H,4,6,8,10H2,(H,25,27). The summed E-state index contributed by atoms with van der Waals surface area (Å²) in [4.78, 5) is 20.7. The van der Waals surface area contributed by atoms with Crippen LogP contribution in [0, 0.1) is 17.6 Å². The van der Waals surface area contributed by atoms with Crippen LogP contribution in [0.15, 0.2) is 42.0 Å². The number of rotatable bonds is 6. The summed E-state index contributed by atoms with van der Waals surface area (Å²) in [6.07, 6.45) is 4.12. The van der Waals surface area contributed by atoms with Crippen molar-refractivity contribution in [2.24, 2.45) is 5.92 Å². The molecule has 0 bridgehead atoms. The van der Waals surface area contributed by atoms with Crippen molar-refractivity contribution < 1.29 is 18.3 Å². The molecule has 1 aliphatic rings. The number of nitrogens with one attached hydrogen (secondary N) is 2. The van der Waals surface area contributed by atoms with Gasteiger partial charge in [-0.1, -0.05) is 6.07 Å². The molecule has 9 heteroatoms. The van der Waals surface area contributed by atoms with E-state index >= 15 is 0 Å². The minimum atomic E-state index is -0.726. The number of halogens is 2. The highest BCUT2D eigenvalue weighted by molar-refractivity contribution is 7.13. The van der Waals surface area contributed by atoms with Crippen molar-refractivity contribution >= 4 is 22.9 Å². The third-order valence-corrected chi connectivity index (χ3v) is 5.44. The predicted molar refractivity (Wildman–Crippen MR) is 106 cm³/mol. The van der Waals surface area contributed by atoms with Gasteiger partial charge in [-0.3, -0.25) is 9.78 Å². The highest BCUT2D eigenvalue weighted by Gasteiger charge is 2.19. The molecular weight excluding hydrogens is 398 g/mol. The third kappa shape index (κ3) is 4.41. The van der Waals surface area contributed by atoms with E-state index in [1.54, 1.807) is 12.3 Å². The topological polar surface area (TPSA) is 76.1 Å². The van der Waals surface area contributed by atoms with Gasteiger partial charge >= 0.3 is 0 Å². The van der Waals surface area contributed by atoms with Crippen LogP contribution in [-0.4, -0.2) is 35.6 Å². The molecule has 6 nitrogen and oxygen atoms in total. The fourth-order valence-corrected chi connectivity index (χ4v) is 3.89. The number of pyridine rings is 1. The Bertz CT molecular complexity index is 1000. The Morgan fingerprint density at radius 1 is 1.31 bits per heavy atom. The molecule has 1 amide bonds. The number of anilines is 1. The molecule has 3 aromatic rings. The normalized spacial score (nSPS) is 16.0. The molecule has 1 unspecified atom stereocenters. The zero-order valence-corrected chi connectivity index (χ0v) is 16.1. The second-order valence-electron chi connectivity index (χ2n) is 6.63. The molecule has 2 aromatic heterocycles. The average molecular weight is 416 g/mol. The lowest BCUT2D eigenvalue weighted by molar-refractivity contribution is 0.102. The van der Waals surface area contributed by atoms with Crippen LogP contribution in [0.3, 0.4) is 0 Å². The molecule has 29 heavy (non-hydrogen) atoms. The Morgan fingerprint density at radius 3 is 2.90 bits per heavy atom. The van der Waals surface area contributed by atoms with Crippen molar-refractivity contribution in [3.63, 3.8) is 0 Å². The van der Waals surface area contributed by atoms with Crippen LogP contribution in [0.5, 0.6) is 5.75 Å². The zero-order chi connectivity index (χ0) is 20.2. The van der Waals surface area contributed by atoms with E-state index in [1.165, 1.54) is 17.6 Å². The van der Waals surface area contributed by atoms with Crippen molar-refractivity contribution in [3.05, 3.63) is 59.4 Å². The van der Waals surface area contributed by atoms with Crippen LogP contribution < -0.4 is 15.4 Å². The van der Waals surface area contributed by atoms with Gasteiger partial charge in [0, 0.05) is 30.1 Å². The molecule has 0 radical (unpaired) electrons. The smallest absolute Gasteiger partial charge is 0.275 e. The number of hydrogen-bond acceptors (Lipinski definition) is 6. The Kier molecular flexibility index (Phi) is 5.77. The Labute approximate surface area is 170 Å². The van der Waals surface area contributed by atoms with Gasteiger partial charge in [-0.05, 0) is 25.1 Å². The zero-order valence-electron chi connectivity index (χ0n) is 15.3. The summed E-state index contributed by atoms with van der Waals surface area (Å²) in [5.74, 6) is -1.03. The fraction of sp³-hybridized carbons (Fsp3) is 0.250. The summed E-state index contributed by atoms with van der Waals surface area (Å²) in [6.45, 7) is 2.41. The highest BCUT2D eigenvalue weighted by Crippen LogP contribution is 2.30. The summed E-state index contributed by atoms with van der Waals surface area (Å²) < 4.78 is 33.8. The summed E-state index contributed by atoms with van der Waals surface area (Å²) in [5.41, 5.74) is 0.227. The lowest BCUT2D eigenvalue weighted by Gasteiger charge is -2.14. The van der Waals surface area contributed by atoms with Gasteiger partial charge in [0.15, 0.2) is 0 Å². The van der Waals surface area contributed by atoms with Gasteiger partial charge in [0.1, 0.15) is 33.8 Å². The monoisotopic (exact) mass is 416 g/mol. The van der Waals surface area contributed by atoms with Crippen LogP contribution in [-0.2, 0) is 0 Å². The number of carbonyl (C=O) groups excluding carboxylic acids is 1. The van der Waals surface area contributed by atoms with E-state index in [0.717, 1.165) is 43.0 Å². The SMILES string of the molecule is O=C(Nc1cnccc1OCC1CCNC1)c1csc(-c2c(F)cccc2F)n1. The summed E-state index contributed by atoms with van der Waals surface area (Å²) >= 11 is 0.995. The fourth-order valence-electron chi connectivity index (χ4n) is 3.05. The van der Waals surface area contributed by atoms with Gasteiger partial charge in [-0.2, -0.15) is 0 Å². The molecule has 0 saturated carbocycles. The molecule has 0 spiro atoms. The number of benzene rings is 1. The lowest BCUT2D eigenvalue weighted by Crippen LogP contribution is -2.17. The maximum absolute atomic E-state index is 14.0. The van der Waals surface area contributed by atoms with Crippen molar-refractivity contribution in [3.8, 4) is 16.3 Å². The van der Waals surface area contributed by atoms with Crippen LogP contribution in [0.25, 0.3) is 10.6 Å². The summed E-state index contributed by atoms with van der Waals surface area (Å²) in [5, 5.41) is 7.54. The molecule has 2 N–H and O–H groups in total. The summed E-state index contributed by atoms with van der Waals surface area (Å²) in [6, 6.07) is 5.26. The first-order chi connectivity index (χ1) is 14.1. The number of ether oxygens (including phenoxy) is 1. The number of hydrogen-bond donors (Lipinski definition) is 2. The first-order valence-electron chi connectivity index (χ1n) is 9.10. The van der Waals surface area contributed by atoms with Gasteiger partial charge < -0.3 is 15.4 Å². The lowest BCUT2D eigenvalue weighted by atomic mass is 10.1. The van der Waals surface area contributed by atoms with Crippen molar-refractivity contribution in [1.29, 1.82) is 0 Å². The minimum Gasteiger partial charge on any atom is -0.491 e. The predicted octanol–water partition coefficient (Wildman–Crippen LogP) is 3.72. The van der Waals surface area contributed by atoms with Crippen LogP contribution >= 0.6 is 11.3 Å². The molecule has 1 aromatic carbocycles. The molecule has 1 aliphatic heterocycles. The van der Waals surface area contributed by atoms with Gasteiger partial charge in [-0.25, -0.2) is 13.8 Å². The van der Waals surface area contributed by atoms with E-state index < -0.39 is 17.5 Å². The number of nitrogens with zero attached hydrogens (tertiary/aromatic N) is 2. The Hall–Kier alpha value is -2.91. The van der Waals surface area contributed by atoms with Crippen molar-refractivity contribution in [1.82, 2.24) is 15.3 Å². The first kappa shape index (κ1) is 19.4. The van der Waals surface area contributed by atoms with E-state index in [-0.39, 0.29) is 16.3 Å². The van der Waals surface area contributed by atoms with Crippen LogP contribution in [0.4, 0.5) is 14.5 Å². The molecule has 3 heterocycles. The molecule has 1 atom stereocenters. The van der Waals surface area contributed by atoms with Crippen molar-refractivity contribution in [2.75, 3.05) is 25.0 Å². The summed E-state index contributed by atoms with van der Waals surface area (Å²) in [7, 11) is 0. The first-order valence-corrected chi connectivity index (χ1v) is 9.98. The van der Waals surface area contributed by atoms with Gasteiger partial charge in [0.05, 0.1) is 18.4 Å². The maximum atomic E-state index is 14.0. The molecule has 0 aliphatic carbocycles. The Morgan fingerprint density at radius 2 is 2.14 bits per heavy atom.